The maximum Gasteiger partial charge on any atom is 0.302 e. The van der Waals surface area contributed by atoms with E-state index in [0.29, 0.717) is 29.0 Å². The maximum absolute atomic E-state index is 13.7. The number of ether oxygens (including phenoxy) is 1. The number of carbonyl (C=O) groups is 2. The van der Waals surface area contributed by atoms with E-state index in [2.05, 4.69) is 34.6 Å². The third-order valence-electron chi connectivity index (χ3n) is 11.0. The maximum atomic E-state index is 13.7. The Hall–Kier alpha value is -0.860. The lowest BCUT2D eigenvalue weighted by molar-refractivity contribution is -0.168. The SMILES string of the molecule is CC(=O)O[C@H]1CC[C@@]2(C)C(CC(=O)[C@H]3[C@@H]4CC[C@H]([C@H](C)CCCC(C)C)[C@@]4(C)CC[C@@H]32)C1. The molecular weight excluding hydrogens is 396 g/mol. The van der Waals surface area contributed by atoms with Crippen LogP contribution < -0.4 is 0 Å². The topological polar surface area (TPSA) is 43.4 Å². The number of hydrogen-bond donors (Lipinski definition) is 0. The van der Waals surface area contributed by atoms with Crippen molar-refractivity contribution >= 4 is 11.8 Å². The summed E-state index contributed by atoms with van der Waals surface area (Å²) in [5.74, 6) is 4.56. The van der Waals surface area contributed by atoms with Gasteiger partial charge in [-0.1, -0.05) is 53.9 Å². The van der Waals surface area contributed by atoms with Crippen LogP contribution in [0.2, 0.25) is 0 Å². The molecule has 4 fully saturated rings. The molecule has 32 heavy (non-hydrogen) atoms. The van der Waals surface area contributed by atoms with Gasteiger partial charge in [-0.15, -0.1) is 0 Å². The molecule has 182 valence electrons. The summed E-state index contributed by atoms with van der Waals surface area (Å²) < 4.78 is 5.58. The molecule has 4 aliphatic rings. The second-order valence-corrected chi connectivity index (χ2v) is 13.1. The molecule has 0 aromatic carbocycles. The number of Topliss-reactive ketones (excluding diaryl/α,β-unsaturated/α-hetero) is 1. The van der Waals surface area contributed by atoms with Crippen LogP contribution in [-0.2, 0) is 14.3 Å². The molecule has 0 aromatic heterocycles. The van der Waals surface area contributed by atoms with Gasteiger partial charge in [-0.2, -0.15) is 0 Å². The quantitative estimate of drug-likeness (QED) is 0.406. The largest absolute Gasteiger partial charge is 0.463 e. The van der Waals surface area contributed by atoms with E-state index in [1.807, 2.05) is 0 Å². The van der Waals surface area contributed by atoms with Crippen molar-refractivity contribution in [1.82, 2.24) is 0 Å². The minimum Gasteiger partial charge on any atom is -0.463 e. The van der Waals surface area contributed by atoms with Gasteiger partial charge in [-0.05, 0) is 91.3 Å². The Morgan fingerprint density at radius 2 is 1.69 bits per heavy atom. The van der Waals surface area contributed by atoms with Crippen LogP contribution in [-0.4, -0.2) is 17.9 Å². The third-order valence-corrected chi connectivity index (χ3v) is 11.0. The molecule has 9 atom stereocenters. The van der Waals surface area contributed by atoms with E-state index in [0.717, 1.165) is 43.4 Å². The van der Waals surface area contributed by atoms with Crippen LogP contribution >= 0.6 is 0 Å². The summed E-state index contributed by atoms with van der Waals surface area (Å²) in [7, 11) is 0. The van der Waals surface area contributed by atoms with Gasteiger partial charge >= 0.3 is 5.97 Å². The molecule has 3 nitrogen and oxygen atoms in total. The summed E-state index contributed by atoms with van der Waals surface area (Å²) in [5.41, 5.74) is 0.601. The highest BCUT2D eigenvalue weighted by atomic mass is 16.5. The number of fused-ring (bicyclic) bond motifs is 5. The molecule has 0 amide bonds. The summed E-state index contributed by atoms with van der Waals surface area (Å²) in [4.78, 5) is 25.2. The monoisotopic (exact) mass is 444 g/mol. The highest BCUT2D eigenvalue weighted by Gasteiger charge is 2.63. The minimum atomic E-state index is -0.174. The molecule has 0 radical (unpaired) electrons. The van der Waals surface area contributed by atoms with E-state index in [1.54, 1.807) is 0 Å². The minimum absolute atomic E-state index is 0.0198. The van der Waals surface area contributed by atoms with Gasteiger partial charge in [0.2, 0.25) is 0 Å². The van der Waals surface area contributed by atoms with Crippen molar-refractivity contribution in [3.8, 4) is 0 Å². The average molecular weight is 445 g/mol. The molecule has 0 heterocycles. The van der Waals surface area contributed by atoms with Crippen LogP contribution in [0.1, 0.15) is 112 Å². The number of esters is 1. The van der Waals surface area contributed by atoms with Crippen LogP contribution in [0.15, 0.2) is 0 Å². The molecular formula is C29H48O3. The van der Waals surface area contributed by atoms with Crippen molar-refractivity contribution < 1.29 is 14.3 Å². The first-order chi connectivity index (χ1) is 15.1. The summed E-state index contributed by atoms with van der Waals surface area (Å²) >= 11 is 0. The van der Waals surface area contributed by atoms with Crippen LogP contribution in [0.3, 0.4) is 0 Å². The van der Waals surface area contributed by atoms with E-state index in [9.17, 15) is 9.59 Å². The molecule has 0 spiro atoms. The van der Waals surface area contributed by atoms with Crippen molar-refractivity contribution in [2.24, 2.45) is 52.3 Å². The first-order valence-electron chi connectivity index (χ1n) is 13.8. The van der Waals surface area contributed by atoms with E-state index in [1.165, 1.54) is 51.9 Å². The average Bonchev–Trinajstić information content (AvgIpc) is 3.05. The van der Waals surface area contributed by atoms with Crippen molar-refractivity contribution in [3.05, 3.63) is 0 Å². The molecule has 1 unspecified atom stereocenters. The van der Waals surface area contributed by atoms with Gasteiger partial charge in [0, 0.05) is 19.3 Å². The zero-order valence-corrected chi connectivity index (χ0v) is 21.6. The third kappa shape index (κ3) is 4.20. The van der Waals surface area contributed by atoms with Crippen molar-refractivity contribution in [2.45, 2.75) is 118 Å². The summed E-state index contributed by atoms with van der Waals surface area (Å²) in [6.45, 7) is 13.7. The van der Waals surface area contributed by atoms with Crippen molar-refractivity contribution in [3.63, 3.8) is 0 Å². The molecule has 4 rings (SSSR count). The van der Waals surface area contributed by atoms with E-state index < -0.39 is 0 Å². The molecule has 0 saturated heterocycles. The zero-order valence-electron chi connectivity index (χ0n) is 21.6. The second kappa shape index (κ2) is 9.06. The Balaban J connectivity index is 1.48. The molecule has 0 aromatic rings. The van der Waals surface area contributed by atoms with Gasteiger partial charge in [0.1, 0.15) is 11.9 Å². The van der Waals surface area contributed by atoms with Crippen LogP contribution in [0.4, 0.5) is 0 Å². The standard InChI is InChI=1S/C29H48O3/c1-18(2)8-7-9-19(3)23-10-11-24-27-25(13-15-29(23,24)6)28(5)14-12-22(32-20(4)30)16-21(28)17-26(27)31/h18-19,21-25,27H,7-17H2,1-6H3/t19-,21?,22+,23-,24+,25+,27+,28+,29-/m1/s1. The fourth-order valence-corrected chi connectivity index (χ4v) is 9.26. The zero-order chi connectivity index (χ0) is 23.3. The first-order valence-corrected chi connectivity index (χ1v) is 13.8. The van der Waals surface area contributed by atoms with Gasteiger partial charge in [-0.25, -0.2) is 0 Å². The number of rotatable bonds is 6. The predicted molar refractivity (Wildman–Crippen MR) is 129 cm³/mol. The van der Waals surface area contributed by atoms with Crippen molar-refractivity contribution in [2.75, 3.05) is 0 Å². The summed E-state index contributed by atoms with van der Waals surface area (Å²) in [6.07, 6.45) is 12.9. The Bertz CT molecular complexity index is 713. The molecule has 4 saturated carbocycles. The number of ketones is 1. The number of hydrogen-bond acceptors (Lipinski definition) is 3. The lowest BCUT2D eigenvalue weighted by Crippen LogP contribution is -2.57. The second-order valence-electron chi connectivity index (χ2n) is 13.1. The number of carbonyl (C=O) groups excluding carboxylic acids is 2. The Morgan fingerprint density at radius 3 is 2.38 bits per heavy atom. The molecule has 0 bridgehead atoms. The van der Waals surface area contributed by atoms with E-state index >= 15 is 0 Å². The van der Waals surface area contributed by atoms with Gasteiger partial charge in [-0.3, -0.25) is 9.59 Å². The summed E-state index contributed by atoms with van der Waals surface area (Å²) in [6, 6.07) is 0. The van der Waals surface area contributed by atoms with Crippen LogP contribution in [0, 0.1) is 52.3 Å². The van der Waals surface area contributed by atoms with Crippen LogP contribution in [0.5, 0.6) is 0 Å². The van der Waals surface area contributed by atoms with Gasteiger partial charge in [0.25, 0.3) is 0 Å². The molecule has 0 N–H and O–H groups in total. The smallest absolute Gasteiger partial charge is 0.302 e. The van der Waals surface area contributed by atoms with Gasteiger partial charge in [0.15, 0.2) is 0 Å². The fraction of sp³-hybridized carbons (Fsp3) is 0.931. The highest BCUT2D eigenvalue weighted by molar-refractivity contribution is 5.83. The normalized spacial score (nSPS) is 44.5. The Kier molecular flexibility index (Phi) is 6.87. The lowest BCUT2D eigenvalue weighted by atomic mass is 9.44. The Labute approximate surface area is 196 Å². The van der Waals surface area contributed by atoms with Crippen LogP contribution in [0.25, 0.3) is 0 Å². The lowest BCUT2D eigenvalue weighted by Gasteiger charge is -2.60. The van der Waals surface area contributed by atoms with Gasteiger partial charge in [0.05, 0.1) is 0 Å². The molecule has 3 heteroatoms. The summed E-state index contributed by atoms with van der Waals surface area (Å²) in [5, 5.41) is 0. The predicted octanol–water partition coefficient (Wildman–Crippen LogP) is 7.22. The van der Waals surface area contributed by atoms with E-state index in [-0.39, 0.29) is 23.4 Å². The Morgan fingerprint density at radius 1 is 1.00 bits per heavy atom. The molecule has 0 aliphatic heterocycles. The fourth-order valence-electron chi connectivity index (χ4n) is 9.26. The van der Waals surface area contributed by atoms with Crippen molar-refractivity contribution in [1.29, 1.82) is 0 Å². The van der Waals surface area contributed by atoms with E-state index in [4.69, 9.17) is 4.74 Å². The molecule has 4 aliphatic carbocycles. The highest BCUT2D eigenvalue weighted by Crippen LogP contribution is 2.67. The van der Waals surface area contributed by atoms with Gasteiger partial charge < -0.3 is 4.74 Å². The first kappa shape index (κ1) is 24.3.